The highest BCUT2D eigenvalue weighted by molar-refractivity contribution is 7.89. The molecule has 0 aliphatic rings. The number of halogens is 3. The predicted octanol–water partition coefficient (Wildman–Crippen LogP) is 4.47. The second-order valence-electron chi connectivity index (χ2n) is 6.68. The first-order valence-electron chi connectivity index (χ1n) is 9.32. The first kappa shape index (κ1) is 23.9. The maximum absolute atomic E-state index is 13.2. The number of benzene rings is 3. The van der Waals surface area contributed by atoms with Crippen LogP contribution in [0.2, 0.25) is 10.0 Å². The van der Waals surface area contributed by atoms with E-state index in [2.05, 4.69) is 10.5 Å². The molecule has 1 amide bonds. The Hall–Kier alpha value is -2.78. The van der Waals surface area contributed by atoms with Crippen LogP contribution in [-0.2, 0) is 21.4 Å². The van der Waals surface area contributed by atoms with Crippen LogP contribution in [0.4, 0.5) is 4.39 Å². The second-order valence-corrected chi connectivity index (χ2v) is 9.43. The molecule has 0 fully saturated rings. The van der Waals surface area contributed by atoms with Crippen LogP contribution in [0.25, 0.3) is 0 Å². The summed E-state index contributed by atoms with van der Waals surface area (Å²) < 4.78 is 40.5. The van der Waals surface area contributed by atoms with Gasteiger partial charge in [-0.3, -0.25) is 4.79 Å². The van der Waals surface area contributed by atoms with Gasteiger partial charge in [-0.25, -0.2) is 18.2 Å². The number of hydrazone groups is 1. The van der Waals surface area contributed by atoms with Crippen LogP contribution in [0.5, 0.6) is 0 Å². The molecular formula is C22H18Cl2FN3O3S. The Kier molecular flexibility index (Phi) is 7.98. The van der Waals surface area contributed by atoms with Crippen LogP contribution < -0.4 is 5.43 Å². The van der Waals surface area contributed by atoms with Crippen LogP contribution in [0, 0.1) is 5.82 Å². The number of hydrogen-bond acceptors (Lipinski definition) is 4. The third-order valence-electron chi connectivity index (χ3n) is 4.32. The van der Waals surface area contributed by atoms with E-state index < -0.39 is 28.3 Å². The zero-order chi connectivity index (χ0) is 23.1. The molecule has 0 atom stereocenters. The van der Waals surface area contributed by atoms with Gasteiger partial charge in [0.2, 0.25) is 10.0 Å². The molecule has 3 aromatic rings. The lowest BCUT2D eigenvalue weighted by molar-refractivity contribution is -0.121. The van der Waals surface area contributed by atoms with Crippen molar-refractivity contribution in [3.63, 3.8) is 0 Å². The molecule has 0 saturated heterocycles. The van der Waals surface area contributed by atoms with Crippen molar-refractivity contribution in [1.82, 2.24) is 9.73 Å². The summed E-state index contributed by atoms with van der Waals surface area (Å²) in [5.41, 5.74) is 3.43. The molecule has 0 saturated carbocycles. The predicted molar refractivity (Wildman–Crippen MR) is 123 cm³/mol. The maximum Gasteiger partial charge on any atom is 0.255 e. The van der Waals surface area contributed by atoms with E-state index >= 15 is 0 Å². The molecule has 0 heterocycles. The molecule has 0 unspecified atom stereocenters. The highest BCUT2D eigenvalue weighted by atomic mass is 35.5. The van der Waals surface area contributed by atoms with Gasteiger partial charge in [0, 0.05) is 6.54 Å². The molecule has 3 rings (SSSR count). The quantitative estimate of drug-likeness (QED) is 0.371. The lowest BCUT2D eigenvalue weighted by atomic mass is 10.2. The fourth-order valence-electron chi connectivity index (χ4n) is 2.73. The third-order valence-corrected chi connectivity index (χ3v) is 6.86. The first-order chi connectivity index (χ1) is 15.3. The summed E-state index contributed by atoms with van der Waals surface area (Å²) in [6.07, 6.45) is 1.36. The molecule has 0 aliphatic heterocycles. The standard InChI is InChI=1S/C22H18Cl2FN3O3S/c23-20-11-8-17(12-21(20)24)13-26-27-22(29)15-28(14-16-6-9-18(25)10-7-16)32(30,31)19-4-2-1-3-5-19/h1-13H,14-15H2,(H,27,29)/b26-13-. The normalized spacial score (nSPS) is 11.8. The van der Waals surface area contributed by atoms with E-state index in [1.807, 2.05) is 0 Å². The van der Waals surface area contributed by atoms with Crippen LogP contribution in [0.1, 0.15) is 11.1 Å². The summed E-state index contributed by atoms with van der Waals surface area (Å²) in [5, 5.41) is 4.56. The number of amides is 1. The summed E-state index contributed by atoms with van der Waals surface area (Å²) in [5.74, 6) is -1.09. The minimum absolute atomic E-state index is 0.0363. The Labute approximate surface area is 195 Å². The van der Waals surface area contributed by atoms with Gasteiger partial charge in [-0.05, 0) is 47.5 Å². The van der Waals surface area contributed by atoms with Crippen LogP contribution in [0.3, 0.4) is 0 Å². The monoisotopic (exact) mass is 493 g/mol. The van der Waals surface area contributed by atoms with Gasteiger partial charge in [0.1, 0.15) is 5.82 Å². The van der Waals surface area contributed by atoms with Crippen molar-refractivity contribution in [3.05, 3.63) is 99.8 Å². The van der Waals surface area contributed by atoms with Gasteiger partial charge in [-0.2, -0.15) is 9.41 Å². The summed E-state index contributed by atoms with van der Waals surface area (Å²) >= 11 is 11.8. The van der Waals surface area contributed by atoms with Gasteiger partial charge in [0.05, 0.1) is 27.7 Å². The van der Waals surface area contributed by atoms with E-state index in [1.54, 1.807) is 36.4 Å². The fourth-order valence-corrected chi connectivity index (χ4v) is 4.44. The molecule has 32 heavy (non-hydrogen) atoms. The molecule has 166 valence electrons. The van der Waals surface area contributed by atoms with E-state index in [9.17, 15) is 17.6 Å². The van der Waals surface area contributed by atoms with Crippen molar-refractivity contribution in [1.29, 1.82) is 0 Å². The fraction of sp³-hybridized carbons (Fsp3) is 0.0909. The lowest BCUT2D eigenvalue weighted by Gasteiger charge is -2.21. The molecule has 0 spiro atoms. The molecule has 0 aromatic heterocycles. The number of carbonyl (C=O) groups is 1. The van der Waals surface area contributed by atoms with Crippen molar-refractivity contribution < 1.29 is 17.6 Å². The maximum atomic E-state index is 13.2. The van der Waals surface area contributed by atoms with E-state index in [1.165, 1.54) is 42.6 Å². The van der Waals surface area contributed by atoms with Crippen molar-refractivity contribution in [2.24, 2.45) is 5.10 Å². The minimum atomic E-state index is -4.00. The minimum Gasteiger partial charge on any atom is -0.272 e. The first-order valence-corrected chi connectivity index (χ1v) is 11.5. The van der Waals surface area contributed by atoms with E-state index in [4.69, 9.17) is 23.2 Å². The van der Waals surface area contributed by atoms with Gasteiger partial charge >= 0.3 is 0 Å². The molecule has 0 aliphatic carbocycles. The van der Waals surface area contributed by atoms with Crippen molar-refractivity contribution in [2.75, 3.05) is 6.54 Å². The average molecular weight is 494 g/mol. The molecule has 0 bridgehead atoms. The summed E-state index contributed by atoms with van der Waals surface area (Å²) in [7, 11) is -4.00. The number of hydrogen-bond donors (Lipinski definition) is 1. The number of nitrogens with one attached hydrogen (secondary N) is 1. The summed E-state index contributed by atoms with van der Waals surface area (Å²) in [6.45, 7) is -0.616. The second kappa shape index (κ2) is 10.7. The zero-order valence-corrected chi connectivity index (χ0v) is 18.9. The highest BCUT2D eigenvalue weighted by Gasteiger charge is 2.26. The Morgan fingerprint density at radius 1 is 1.00 bits per heavy atom. The highest BCUT2D eigenvalue weighted by Crippen LogP contribution is 2.22. The van der Waals surface area contributed by atoms with Crippen LogP contribution >= 0.6 is 23.2 Å². The van der Waals surface area contributed by atoms with Gasteiger partial charge in [0.25, 0.3) is 5.91 Å². The molecule has 10 heteroatoms. The van der Waals surface area contributed by atoms with Gasteiger partial charge in [0.15, 0.2) is 0 Å². The van der Waals surface area contributed by atoms with Gasteiger partial charge in [-0.15, -0.1) is 0 Å². The SMILES string of the molecule is O=C(CN(Cc1ccc(F)cc1)S(=O)(=O)c1ccccc1)N/N=C\c1ccc(Cl)c(Cl)c1. The summed E-state index contributed by atoms with van der Waals surface area (Å²) in [6, 6.07) is 17.9. The Morgan fingerprint density at radius 3 is 2.34 bits per heavy atom. The van der Waals surface area contributed by atoms with Crippen molar-refractivity contribution >= 4 is 45.3 Å². The molecular weight excluding hydrogens is 476 g/mol. The van der Waals surface area contributed by atoms with Crippen molar-refractivity contribution in [2.45, 2.75) is 11.4 Å². The molecule has 0 radical (unpaired) electrons. The summed E-state index contributed by atoms with van der Waals surface area (Å²) in [4.78, 5) is 12.5. The van der Waals surface area contributed by atoms with Gasteiger partial charge in [-0.1, -0.05) is 59.6 Å². The van der Waals surface area contributed by atoms with Crippen molar-refractivity contribution in [3.8, 4) is 0 Å². The smallest absolute Gasteiger partial charge is 0.255 e. The third kappa shape index (κ3) is 6.37. The topological polar surface area (TPSA) is 78.8 Å². The average Bonchev–Trinajstić information content (AvgIpc) is 2.78. The number of carbonyl (C=O) groups excluding carboxylic acids is 1. The number of sulfonamides is 1. The molecule has 1 N–H and O–H groups in total. The molecule has 3 aromatic carbocycles. The Bertz CT molecular complexity index is 1220. The van der Waals surface area contributed by atoms with Gasteiger partial charge < -0.3 is 0 Å². The lowest BCUT2D eigenvalue weighted by Crippen LogP contribution is -2.39. The van der Waals surface area contributed by atoms with E-state index in [0.29, 0.717) is 21.2 Å². The Morgan fingerprint density at radius 2 is 1.69 bits per heavy atom. The number of nitrogens with zero attached hydrogens (tertiary/aromatic N) is 2. The van der Waals surface area contributed by atoms with E-state index in [0.717, 1.165) is 4.31 Å². The van der Waals surface area contributed by atoms with Crippen LogP contribution in [0.15, 0.2) is 82.8 Å². The zero-order valence-electron chi connectivity index (χ0n) is 16.6. The molecule has 6 nitrogen and oxygen atoms in total. The largest absolute Gasteiger partial charge is 0.272 e. The van der Waals surface area contributed by atoms with Crippen LogP contribution in [-0.4, -0.2) is 31.4 Å². The Balaban J connectivity index is 1.76. The number of rotatable bonds is 8. The van der Waals surface area contributed by atoms with E-state index in [-0.39, 0.29) is 11.4 Å².